The highest BCUT2D eigenvalue weighted by atomic mass is 32.2. The summed E-state index contributed by atoms with van der Waals surface area (Å²) in [5, 5.41) is 0. The lowest BCUT2D eigenvalue weighted by Gasteiger charge is -2.32. The highest BCUT2D eigenvalue weighted by molar-refractivity contribution is 7.90. The van der Waals surface area contributed by atoms with Gasteiger partial charge in [0.25, 0.3) is 0 Å². The molecule has 0 unspecified atom stereocenters. The van der Waals surface area contributed by atoms with Crippen LogP contribution in [0.15, 0.2) is 29.2 Å². The van der Waals surface area contributed by atoms with Gasteiger partial charge in [-0.1, -0.05) is 26.0 Å². The molecule has 1 aromatic rings. The largest absolute Gasteiger partial charge is 0.299 e. The van der Waals surface area contributed by atoms with Gasteiger partial charge in [0.05, 0.1) is 4.90 Å². The highest BCUT2D eigenvalue weighted by Crippen LogP contribution is 2.25. The molecule has 4 heteroatoms. The lowest BCUT2D eigenvalue weighted by molar-refractivity contribution is 0.164. The van der Waals surface area contributed by atoms with Gasteiger partial charge in [0.15, 0.2) is 9.84 Å². The lowest BCUT2D eigenvalue weighted by Crippen LogP contribution is -2.33. The maximum atomic E-state index is 11.4. The minimum atomic E-state index is -3.09. The van der Waals surface area contributed by atoms with Crippen molar-refractivity contribution in [3.63, 3.8) is 0 Å². The number of piperidine rings is 1. The zero-order valence-corrected chi connectivity index (χ0v) is 14.2. The van der Waals surface area contributed by atoms with Crippen LogP contribution in [-0.4, -0.2) is 32.7 Å². The van der Waals surface area contributed by atoms with Crippen molar-refractivity contribution < 1.29 is 8.42 Å². The molecule has 1 aromatic carbocycles. The molecule has 0 N–H and O–H groups in total. The Morgan fingerprint density at radius 2 is 1.71 bits per heavy atom. The Balaban J connectivity index is 1.86. The van der Waals surface area contributed by atoms with Crippen LogP contribution in [0.4, 0.5) is 0 Å². The van der Waals surface area contributed by atoms with Gasteiger partial charge in [0.1, 0.15) is 0 Å². The summed E-state index contributed by atoms with van der Waals surface area (Å²) in [5.41, 5.74) is 1.20. The van der Waals surface area contributed by atoms with E-state index >= 15 is 0 Å². The van der Waals surface area contributed by atoms with Crippen molar-refractivity contribution in [1.29, 1.82) is 0 Å². The van der Waals surface area contributed by atoms with Crippen LogP contribution in [-0.2, 0) is 16.4 Å². The molecule has 0 aliphatic carbocycles. The van der Waals surface area contributed by atoms with Crippen molar-refractivity contribution in [2.45, 2.75) is 44.6 Å². The van der Waals surface area contributed by atoms with Gasteiger partial charge in [-0.2, -0.15) is 0 Å². The van der Waals surface area contributed by atoms with E-state index in [1.807, 2.05) is 12.1 Å². The fourth-order valence-electron chi connectivity index (χ4n) is 3.15. The average molecular weight is 309 g/mol. The number of nitrogens with zero attached hydrogens (tertiary/aromatic N) is 1. The number of hydrogen-bond donors (Lipinski definition) is 0. The molecule has 1 aliphatic heterocycles. The fourth-order valence-corrected chi connectivity index (χ4v) is 3.78. The van der Waals surface area contributed by atoms with Gasteiger partial charge < -0.3 is 0 Å². The van der Waals surface area contributed by atoms with Crippen LogP contribution in [0.5, 0.6) is 0 Å². The second-order valence-corrected chi connectivity index (χ2v) is 8.78. The van der Waals surface area contributed by atoms with Crippen LogP contribution < -0.4 is 0 Å². The van der Waals surface area contributed by atoms with Crippen LogP contribution in [0.1, 0.15) is 38.7 Å². The van der Waals surface area contributed by atoms with E-state index in [9.17, 15) is 8.42 Å². The number of likely N-dealkylation sites (tertiary alicyclic amines) is 1. The molecule has 0 spiro atoms. The SMILES string of the molecule is CC(C)CC1CCN(Cc2ccc(S(C)(=O)=O)cc2)CC1. The van der Waals surface area contributed by atoms with Crippen molar-refractivity contribution in [3.8, 4) is 0 Å². The van der Waals surface area contributed by atoms with E-state index in [1.54, 1.807) is 12.1 Å². The first-order valence-electron chi connectivity index (χ1n) is 7.86. The Morgan fingerprint density at radius 1 is 1.14 bits per heavy atom. The summed E-state index contributed by atoms with van der Waals surface area (Å²) in [6.45, 7) is 7.85. The minimum absolute atomic E-state index is 0.405. The number of benzene rings is 1. The predicted octanol–water partition coefficient (Wildman–Crippen LogP) is 3.35. The van der Waals surface area contributed by atoms with E-state index in [0.29, 0.717) is 4.90 Å². The molecule has 1 saturated heterocycles. The quantitative estimate of drug-likeness (QED) is 0.837. The molecule has 1 heterocycles. The smallest absolute Gasteiger partial charge is 0.175 e. The predicted molar refractivity (Wildman–Crippen MR) is 87.0 cm³/mol. The van der Waals surface area contributed by atoms with Gasteiger partial charge in [-0.05, 0) is 61.9 Å². The highest BCUT2D eigenvalue weighted by Gasteiger charge is 2.20. The van der Waals surface area contributed by atoms with E-state index in [2.05, 4.69) is 18.7 Å². The van der Waals surface area contributed by atoms with Gasteiger partial charge in [0.2, 0.25) is 0 Å². The Hall–Kier alpha value is -0.870. The molecule has 21 heavy (non-hydrogen) atoms. The van der Waals surface area contributed by atoms with Crippen molar-refractivity contribution >= 4 is 9.84 Å². The molecule has 0 atom stereocenters. The molecule has 1 aliphatic rings. The summed E-state index contributed by atoms with van der Waals surface area (Å²) < 4.78 is 22.9. The van der Waals surface area contributed by atoms with E-state index in [4.69, 9.17) is 0 Å². The third kappa shape index (κ3) is 5.11. The Kier molecular flexibility index (Phi) is 5.44. The second kappa shape index (κ2) is 6.93. The van der Waals surface area contributed by atoms with Crippen LogP contribution in [0.2, 0.25) is 0 Å². The van der Waals surface area contributed by atoms with Gasteiger partial charge >= 0.3 is 0 Å². The first-order valence-corrected chi connectivity index (χ1v) is 9.75. The van der Waals surface area contributed by atoms with Crippen molar-refractivity contribution in [2.24, 2.45) is 11.8 Å². The molecule has 0 radical (unpaired) electrons. The standard InChI is InChI=1S/C17H27NO2S/c1-14(2)12-15-8-10-18(11-9-15)13-16-4-6-17(7-5-16)21(3,19)20/h4-7,14-15H,8-13H2,1-3H3. The maximum Gasteiger partial charge on any atom is 0.175 e. The molecule has 0 saturated carbocycles. The van der Waals surface area contributed by atoms with Crippen LogP contribution in [0.3, 0.4) is 0 Å². The van der Waals surface area contributed by atoms with E-state index < -0.39 is 9.84 Å². The zero-order chi connectivity index (χ0) is 15.5. The Labute approximate surface area is 129 Å². The third-order valence-corrected chi connectivity index (χ3v) is 5.40. The molecule has 3 nitrogen and oxygen atoms in total. The van der Waals surface area contributed by atoms with E-state index in [-0.39, 0.29) is 0 Å². The summed E-state index contributed by atoms with van der Waals surface area (Å²) in [7, 11) is -3.09. The summed E-state index contributed by atoms with van der Waals surface area (Å²) in [6, 6.07) is 7.32. The van der Waals surface area contributed by atoms with Crippen molar-refractivity contribution in [3.05, 3.63) is 29.8 Å². The summed E-state index contributed by atoms with van der Waals surface area (Å²) in [5.74, 6) is 1.68. The Bertz CT molecular complexity index is 541. The summed E-state index contributed by atoms with van der Waals surface area (Å²) in [4.78, 5) is 2.88. The van der Waals surface area contributed by atoms with E-state index in [1.165, 1.54) is 31.1 Å². The first-order chi connectivity index (χ1) is 9.84. The molecular formula is C17H27NO2S. The Morgan fingerprint density at radius 3 is 2.19 bits per heavy atom. The minimum Gasteiger partial charge on any atom is -0.299 e. The van der Waals surface area contributed by atoms with Crippen LogP contribution in [0.25, 0.3) is 0 Å². The molecule has 2 rings (SSSR count). The van der Waals surface area contributed by atoms with Gasteiger partial charge in [-0.25, -0.2) is 8.42 Å². The molecular weight excluding hydrogens is 282 g/mol. The van der Waals surface area contributed by atoms with Crippen LogP contribution >= 0.6 is 0 Å². The third-order valence-electron chi connectivity index (χ3n) is 4.27. The van der Waals surface area contributed by atoms with Crippen LogP contribution in [0, 0.1) is 11.8 Å². The second-order valence-electron chi connectivity index (χ2n) is 6.77. The summed E-state index contributed by atoms with van der Waals surface area (Å²) >= 11 is 0. The topological polar surface area (TPSA) is 37.4 Å². The lowest BCUT2D eigenvalue weighted by atomic mass is 9.88. The molecule has 1 fully saturated rings. The van der Waals surface area contributed by atoms with E-state index in [0.717, 1.165) is 31.5 Å². The van der Waals surface area contributed by atoms with Crippen molar-refractivity contribution in [2.75, 3.05) is 19.3 Å². The van der Waals surface area contributed by atoms with Gasteiger partial charge in [-0.15, -0.1) is 0 Å². The normalized spacial score (nSPS) is 18.3. The zero-order valence-electron chi connectivity index (χ0n) is 13.4. The number of rotatable bonds is 5. The summed E-state index contributed by atoms with van der Waals surface area (Å²) in [6.07, 6.45) is 5.18. The average Bonchev–Trinajstić information content (AvgIpc) is 2.40. The maximum absolute atomic E-state index is 11.4. The molecule has 0 amide bonds. The van der Waals surface area contributed by atoms with Crippen molar-refractivity contribution in [1.82, 2.24) is 4.90 Å². The van der Waals surface area contributed by atoms with Gasteiger partial charge in [-0.3, -0.25) is 4.90 Å². The number of hydrogen-bond acceptors (Lipinski definition) is 3. The van der Waals surface area contributed by atoms with Gasteiger partial charge in [0, 0.05) is 12.8 Å². The molecule has 0 aromatic heterocycles. The number of sulfone groups is 1. The fraction of sp³-hybridized carbons (Fsp3) is 0.647. The molecule has 0 bridgehead atoms. The molecule has 118 valence electrons. The first kappa shape index (κ1) is 16.5. The monoisotopic (exact) mass is 309 g/mol.